The lowest BCUT2D eigenvalue weighted by Gasteiger charge is -2.41. The van der Waals surface area contributed by atoms with Crippen LogP contribution in [0.3, 0.4) is 0 Å². The van der Waals surface area contributed by atoms with Gasteiger partial charge in [0.05, 0.1) is 10.7 Å². The summed E-state index contributed by atoms with van der Waals surface area (Å²) in [5.41, 5.74) is 0.805. The van der Waals surface area contributed by atoms with E-state index >= 15 is 0 Å². The van der Waals surface area contributed by atoms with Crippen LogP contribution in [0.15, 0.2) is 30.3 Å². The average Bonchev–Trinajstić information content (AvgIpc) is 2.66. The molecule has 2 aliphatic heterocycles. The molecule has 0 spiro atoms. The molecule has 2 heterocycles. The topological polar surface area (TPSA) is 80.8 Å². The molecule has 0 saturated carbocycles. The normalized spacial score (nSPS) is 30.5. The Bertz CT molecular complexity index is 756. The number of rotatable bonds is 3. The lowest BCUT2D eigenvalue weighted by Crippen LogP contribution is -2.62. The summed E-state index contributed by atoms with van der Waals surface area (Å²) in [6.45, 7) is 4.59. The first-order chi connectivity index (χ1) is 10.7. The third-order valence-electron chi connectivity index (χ3n) is 4.78. The van der Waals surface area contributed by atoms with Crippen molar-refractivity contribution in [2.45, 2.75) is 43.5 Å². The van der Waals surface area contributed by atoms with E-state index in [-0.39, 0.29) is 12.5 Å². The van der Waals surface area contributed by atoms with Crippen LogP contribution in [0.2, 0.25) is 0 Å². The highest BCUT2D eigenvalue weighted by Gasteiger charge is 2.71. The van der Waals surface area contributed by atoms with Crippen molar-refractivity contribution in [1.82, 2.24) is 4.90 Å². The highest BCUT2D eigenvalue weighted by Crippen LogP contribution is 2.48. The minimum absolute atomic E-state index is 0.0502. The van der Waals surface area contributed by atoms with Crippen LogP contribution in [0.1, 0.15) is 26.3 Å². The van der Waals surface area contributed by atoms with Gasteiger partial charge in [0.1, 0.15) is 18.0 Å². The van der Waals surface area contributed by atoms with Gasteiger partial charge in [-0.2, -0.15) is 0 Å². The van der Waals surface area contributed by atoms with Crippen LogP contribution in [0.4, 0.5) is 0 Å². The number of ether oxygens (including phenoxy) is 1. The lowest BCUT2D eigenvalue weighted by molar-refractivity contribution is -0.166. The third-order valence-corrected chi connectivity index (χ3v) is 7.74. The Morgan fingerprint density at radius 3 is 2.48 bits per heavy atom. The van der Waals surface area contributed by atoms with E-state index in [9.17, 15) is 18.0 Å². The number of benzene rings is 1. The molecule has 0 radical (unpaired) electrons. The van der Waals surface area contributed by atoms with Crippen LogP contribution in [-0.2, 0) is 30.8 Å². The maximum Gasteiger partial charge on any atom is 0.330 e. The summed E-state index contributed by atoms with van der Waals surface area (Å²) in [6.07, 6.45) is 0. The van der Waals surface area contributed by atoms with Gasteiger partial charge in [0.25, 0.3) is 0 Å². The molecule has 23 heavy (non-hydrogen) atoms. The molecule has 0 N–H and O–H groups in total. The molecule has 1 aromatic carbocycles. The number of β-lactam (4-membered cyclic amide) rings is 1. The van der Waals surface area contributed by atoms with Crippen LogP contribution in [0, 0.1) is 5.92 Å². The van der Waals surface area contributed by atoms with E-state index in [1.54, 1.807) is 6.92 Å². The van der Waals surface area contributed by atoms with Gasteiger partial charge in [-0.05, 0) is 19.4 Å². The molecule has 1 amide bonds. The quantitative estimate of drug-likeness (QED) is 0.610. The Morgan fingerprint density at radius 2 is 1.87 bits per heavy atom. The summed E-state index contributed by atoms with van der Waals surface area (Å²) in [5.74, 6) is -1.60. The predicted octanol–water partition coefficient (Wildman–Crippen LogP) is 1.11. The van der Waals surface area contributed by atoms with Gasteiger partial charge in [0, 0.05) is 0 Å². The number of hydrogen-bond donors (Lipinski definition) is 0. The van der Waals surface area contributed by atoms with Crippen molar-refractivity contribution >= 4 is 21.7 Å². The van der Waals surface area contributed by atoms with Crippen LogP contribution < -0.4 is 0 Å². The highest BCUT2D eigenvalue weighted by molar-refractivity contribution is 7.93. The fraction of sp³-hybridized carbons (Fsp3) is 0.500. The molecule has 3 atom stereocenters. The van der Waals surface area contributed by atoms with Crippen molar-refractivity contribution in [2.75, 3.05) is 0 Å². The van der Waals surface area contributed by atoms with Gasteiger partial charge < -0.3 is 9.64 Å². The Balaban J connectivity index is 1.84. The summed E-state index contributed by atoms with van der Waals surface area (Å²) < 4.78 is 29.2. The summed E-state index contributed by atoms with van der Waals surface area (Å²) in [7, 11) is -3.62. The number of nitrogens with zero attached hydrogens (tertiary/aromatic N) is 1. The maximum absolute atomic E-state index is 12.6. The molecular weight excluding hydrogens is 318 g/mol. The van der Waals surface area contributed by atoms with Gasteiger partial charge in [-0.3, -0.25) is 4.79 Å². The summed E-state index contributed by atoms with van der Waals surface area (Å²) in [5, 5.41) is -0.917. The van der Waals surface area contributed by atoms with Crippen LogP contribution in [-0.4, -0.2) is 41.4 Å². The molecule has 2 saturated heterocycles. The molecule has 0 aliphatic carbocycles. The molecule has 124 valence electrons. The van der Waals surface area contributed by atoms with E-state index in [1.165, 1.54) is 18.7 Å². The molecule has 7 heteroatoms. The molecule has 0 aromatic heterocycles. The Hall–Kier alpha value is -1.89. The number of esters is 1. The van der Waals surface area contributed by atoms with E-state index in [0.29, 0.717) is 0 Å². The largest absolute Gasteiger partial charge is 0.459 e. The van der Waals surface area contributed by atoms with Crippen LogP contribution >= 0.6 is 0 Å². The molecule has 0 unspecified atom stereocenters. The number of carbonyl (C=O) groups is 2. The van der Waals surface area contributed by atoms with Gasteiger partial charge >= 0.3 is 5.97 Å². The summed E-state index contributed by atoms with van der Waals surface area (Å²) in [6, 6.07) is 8.02. The predicted molar refractivity (Wildman–Crippen MR) is 82.8 cm³/mol. The number of carbonyl (C=O) groups excluding carboxylic acids is 2. The Labute approximate surface area is 135 Å². The number of fused-ring (bicyclic) bond motifs is 1. The molecule has 6 nitrogen and oxygen atoms in total. The smallest absolute Gasteiger partial charge is 0.330 e. The fourth-order valence-electron chi connectivity index (χ4n) is 3.34. The zero-order chi connectivity index (χ0) is 17.0. The minimum atomic E-state index is -3.62. The van der Waals surface area contributed by atoms with E-state index in [2.05, 4.69) is 0 Å². The molecule has 2 fully saturated rings. The van der Waals surface area contributed by atoms with Gasteiger partial charge in [0.2, 0.25) is 5.91 Å². The molecule has 1 aromatic rings. The van der Waals surface area contributed by atoms with Crippen molar-refractivity contribution in [3.05, 3.63) is 35.9 Å². The zero-order valence-corrected chi connectivity index (χ0v) is 14.0. The highest BCUT2D eigenvalue weighted by atomic mass is 32.2. The first kappa shape index (κ1) is 16.0. The van der Waals surface area contributed by atoms with Gasteiger partial charge in [-0.15, -0.1) is 0 Å². The number of amides is 1. The first-order valence-electron chi connectivity index (χ1n) is 7.46. The third kappa shape index (κ3) is 2.09. The van der Waals surface area contributed by atoms with E-state index in [0.717, 1.165) is 5.56 Å². The lowest BCUT2D eigenvalue weighted by atomic mass is 9.93. The van der Waals surface area contributed by atoms with E-state index in [4.69, 9.17) is 4.74 Å². The van der Waals surface area contributed by atoms with Crippen molar-refractivity contribution in [3.8, 4) is 0 Å². The second-order valence-electron chi connectivity index (χ2n) is 6.57. The van der Waals surface area contributed by atoms with E-state index in [1.807, 2.05) is 30.3 Å². The summed E-state index contributed by atoms with van der Waals surface area (Å²) >= 11 is 0. The monoisotopic (exact) mass is 337 g/mol. The first-order valence-corrected chi connectivity index (χ1v) is 9.00. The van der Waals surface area contributed by atoms with E-state index < -0.39 is 37.9 Å². The maximum atomic E-state index is 12.6. The zero-order valence-electron chi connectivity index (χ0n) is 13.2. The number of sulfone groups is 1. The molecule has 2 aliphatic rings. The SMILES string of the molecule is C[C@@H]1C(=O)N2[C@@H](C(=O)OCc3ccccc3)C(C)(C)S(=O)(=O)[C@H]12. The Kier molecular flexibility index (Phi) is 3.51. The molecule has 0 bridgehead atoms. The van der Waals surface area contributed by atoms with Gasteiger partial charge in [-0.1, -0.05) is 37.3 Å². The average molecular weight is 337 g/mol. The molecular formula is C16H19NO5S. The standard InChI is InChI=1S/C16H19NO5S/c1-10-13(18)17-12(16(2,3)23(20,21)14(10)17)15(19)22-9-11-7-5-4-6-8-11/h4-8,10,12,14H,9H2,1-3H3/t10-,12+,14-/m1/s1. The van der Waals surface area contributed by atoms with Crippen molar-refractivity contribution < 1.29 is 22.7 Å². The second-order valence-corrected chi connectivity index (χ2v) is 9.19. The van der Waals surface area contributed by atoms with Crippen molar-refractivity contribution in [1.29, 1.82) is 0 Å². The van der Waals surface area contributed by atoms with Crippen LogP contribution in [0.5, 0.6) is 0 Å². The van der Waals surface area contributed by atoms with Gasteiger partial charge in [-0.25, -0.2) is 13.2 Å². The van der Waals surface area contributed by atoms with Crippen molar-refractivity contribution in [3.63, 3.8) is 0 Å². The Morgan fingerprint density at radius 1 is 1.26 bits per heavy atom. The number of hydrogen-bond acceptors (Lipinski definition) is 5. The molecule has 3 rings (SSSR count). The second kappa shape index (κ2) is 5.06. The van der Waals surface area contributed by atoms with Crippen LogP contribution in [0.25, 0.3) is 0 Å². The van der Waals surface area contributed by atoms with Gasteiger partial charge in [0.15, 0.2) is 9.84 Å². The minimum Gasteiger partial charge on any atom is -0.459 e. The fourth-order valence-corrected chi connectivity index (χ4v) is 5.66. The summed E-state index contributed by atoms with van der Waals surface area (Å²) in [4.78, 5) is 25.7. The van der Waals surface area contributed by atoms with Crippen molar-refractivity contribution in [2.24, 2.45) is 5.92 Å².